The predicted octanol–water partition coefficient (Wildman–Crippen LogP) is 5.44. The summed E-state index contributed by atoms with van der Waals surface area (Å²) in [6.45, 7) is 0. The molecule has 0 bridgehead atoms. The number of nitrogens with zero attached hydrogens (tertiary/aromatic N) is 3. The van der Waals surface area contributed by atoms with Gasteiger partial charge in [-0.3, -0.25) is 4.98 Å². The molecular formula is C24H16Cl2F2N8. The molecular weight excluding hydrogens is 509 g/mol. The summed E-state index contributed by atoms with van der Waals surface area (Å²) in [6, 6.07) is 13.5. The zero-order valence-electron chi connectivity index (χ0n) is 18.2. The van der Waals surface area contributed by atoms with E-state index in [2.05, 4.69) is 43.1 Å². The molecule has 0 radical (unpaired) electrons. The van der Waals surface area contributed by atoms with E-state index in [4.69, 9.17) is 23.2 Å². The van der Waals surface area contributed by atoms with Gasteiger partial charge in [0, 0.05) is 34.6 Å². The van der Waals surface area contributed by atoms with Crippen LogP contribution >= 0.6 is 23.2 Å². The van der Waals surface area contributed by atoms with E-state index >= 15 is 0 Å². The second-order valence-electron chi connectivity index (χ2n) is 7.76. The molecule has 0 amide bonds. The van der Waals surface area contributed by atoms with E-state index < -0.39 is 11.8 Å². The number of hydrogen-bond donors (Lipinski definition) is 5. The fourth-order valence-electron chi connectivity index (χ4n) is 3.77. The number of hydrazine groups is 2. The molecule has 5 rings (SSSR count). The van der Waals surface area contributed by atoms with Gasteiger partial charge in [0.25, 0.3) is 0 Å². The van der Waals surface area contributed by atoms with Crippen LogP contribution in [0, 0.1) is 23.1 Å². The van der Waals surface area contributed by atoms with Crippen LogP contribution in [0.3, 0.4) is 0 Å². The maximum atomic E-state index is 13.8. The monoisotopic (exact) mass is 524 g/mol. The fraction of sp³-hybridized carbons (Fsp3) is 0.0417. The van der Waals surface area contributed by atoms with Gasteiger partial charge in [0.15, 0.2) is 5.82 Å². The van der Waals surface area contributed by atoms with E-state index in [0.29, 0.717) is 32.3 Å². The maximum absolute atomic E-state index is 13.8. The fourth-order valence-corrected chi connectivity index (χ4v) is 4.17. The Labute approximate surface area is 213 Å². The standard InChI is InChI=1S/C24H16Cl2F2N8/c25-14-3-1-12(2-4-14)22(20-11-32-36-35-20)33-15-5-17-21(34-16-7-19(27)24(28)31-10-16)13(8-29)9-30-23(17)18(26)6-15/h1-7,9-11,22,32-33,35-36H,(H,30,34). The van der Waals surface area contributed by atoms with Gasteiger partial charge in [0.1, 0.15) is 6.07 Å². The maximum Gasteiger partial charge on any atom is 0.249 e. The molecule has 0 saturated carbocycles. The molecule has 4 aromatic rings. The Bertz CT molecular complexity index is 1540. The Morgan fingerprint density at radius 1 is 1.00 bits per heavy atom. The topological polar surface area (TPSA) is 110 Å². The van der Waals surface area contributed by atoms with Crippen molar-refractivity contribution in [1.82, 2.24) is 26.4 Å². The van der Waals surface area contributed by atoms with E-state index in [-0.39, 0.29) is 17.3 Å². The Morgan fingerprint density at radius 2 is 1.81 bits per heavy atom. The first-order valence-corrected chi connectivity index (χ1v) is 11.3. The first-order chi connectivity index (χ1) is 17.4. The first kappa shape index (κ1) is 23.6. The SMILES string of the molecule is N#Cc1cnc2c(Cl)cc(NC(C3=CNNN3)c3ccc(Cl)cc3)cc2c1Nc1cnc(F)c(F)c1. The van der Waals surface area contributed by atoms with Gasteiger partial charge < -0.3 is 21.5 Å². The lowest BCUT2D eigenvalue weighted by molar-refractivity contribution is 0.480. The van der Waals surface area contributed by atoms with Gasteiger partial charge >= 0.3 is 0 Å². The van der Waals surface area contributed by atoms with Gasteiger partial charge in [0.2, 0.25) is 5.95 Å². The third-order valence-electron chi connectivity index (χ3n) is 5.44. The Kier molecular flexibility index (Phi) is 6.43. The summed E-state index contributed by atoms with van der Waals surface area (Å²) in [4.78, 5) is 7.71. The van der Waals surface area contributed by atoms with Crippen LogP contribution in [-0.2, 0) is 0 Å². The second kappa shape index (κ2) is 9.83. The van der Waals surface area contributed by atoms with E-state index in [1.807, 2.05) is 12.1 Å². The average Bonchev–Trinajstić information content (AvgIpc) is 3.40. The van der Waals surface area contributed by atoms with Crippen molar-refractivity contribution in [3.8, 4) is 6.07 Å². The van der Waals surface area contributed by atoms with Crippen LogP contribution < -0.4 is 27.0 Å². The van der Waals surface area contributed by atoms with Crippen molar-refractivity contribution in [1.29, 1.82) is 5.26 Å². The number of benzene rings is 2. The highest BCUT2D eigenvalue weighted by Gasteiger charge is 2.21. The summed E-state index contributed by atoms with van der Waals surface area (Å²) >= 11 is 12.7. The molecule has 1 aliphatic rings. The van der Waals surface area contributed by atoms with Crippen molar-refractivity contribution in [3.63, 3.8) is 0 Å². The van der Waals surface area contributed by atoms with Crippen molar-refractivity contribution in [2.24, 2.45) is 0 Å². The molecule has 0 aliphatic carbocycles. The largest absolute Gasteiger partial charge is 0.373 e. The summed E-state index contributed by atoms with van der Waals surface area (Å²) in [5.74, 6) is -2.34. The zero-order chi connectivity index (χ0) is 25.2. The van der Waals surface area contributed by atoms with E-state index in [9.17, 15) is 14.0 Å². The van der Waals surface area contributed by atoms with E-state index in [1.165, 1.54) is 6.20 Å². The van der Waals surface area contributed by atoms with Gasteiger partial charge in [-0.25, -0.2) is 9.37 Å². The molecule has 2 aromatic carbocycles. The third-order valence-corrected chi connectivity index (χ3v) is 5.98. The molecule has 8 nitrogen and oxygen atoms in total. The number of pyridine rings is 2. The minimum atomic E-state index is -1.22. The molecule has 3 heterocycles. The molecule has 0 saturated heterocycles. The highest BCUT2D eigenvalue weighted by molar-refractivity contribution is 6.36. The predicted molar refractivity (Wildman–Crippen MR) is 134 cm³/mol. The summed E-state index contributed by atoms with van der Waals surface area (Å²) in [6.07, 6.45) is 4.26. The van der Waals surface area contributed by atoms with Crippen molar-refractivity contribution in [2.75, 3.05) is 10.6 Å². The quantitative estimate of drug-likeness (QED) is 0.212. The highest BCUT2D eigenvalue weighted by atomic mass is 35.5. The zero-order valence-corrected chi connectivity index (χ0v) is 19.7. The number of fused-ring (bicyclic) bond motifs is 1. The third kappa shape index (κ3) is 4.67. The lowest BCUT2D eigenvalue weighted by Gasteiger charge is -2.22. The number of nitriles is 1. The van der Waals surface area contributed by atoms with Gasteiger partial charge in [0.05, 0.1) is 45.4 Å². The summed E-state index contributed by atoms with van der Waals surface area (Å²) < 4.78 is 27.1. The molecule has 36 heavy (non-hydrogen) atoms. The molecule has 0 fully saturated rings. The highest BCUT2D eigenvalue weighted by Crippen LogP contribution is 2.36. The lowest BCUT2D eigenvalue weighted by Crippen LogP contribution is -2.33. The Morgan fingerprint density at radius 3 is 2.50 bits per heavy atom. The number of rotatable bonds is 6. The molecule has 180 valence electrons. The molecule has 12 heteroatoms. The van der Waals surface area contributed by atoms with Crippen molar-refractivity contribution >= 4 is 51.2 Å². The number of nitrogens with one attached hydrogen (secondary N) is 5. The molecule has 5 N–H and O–H groups in total. The van der Waals surface area contributed by atoms with Crippen LogP contribution in [0.5, 0.6) is 0 Å². The Hall–Kier alpha value is -4.17. The normalized spacial score (nSPS) is 13.4. The van der Waals surface area contributed by atoms with Crippen molar-refractivity contribution in [2.45, 2.75) is 6.04 Å². The van der Waals surface area contributed by atoms with E-state index in [1.54, 1.807) is 30.5 Å². The average molecular weight is 525 g/mol. The summed E-state index contributed by atoms with van der Waals surface area (Å²) in [5.41, 5.74) is 12.2. The lowest BCUT2D eigenvalue weighted by atomic mass is 10.0. The van der Waals surface area contributed by atoms with Crippen LogP contribution in [0.1, 0.15) is 17.2 Å². The molecule has 2 aromatic heterocycles. The van der Waals surface area contributed by atoms with Gasteiger partial charge in [-0.05, 0) is 29.8 Å². The van der Waals surface area contributed by atoms with Crippen molar-refractivity contribution < 1.29 is 8.78 Å². The molecule has 1 aliphatic heterocycles. The van der Waals surface area contributed by atoms with Crippen LogP contribution in [0.4, 0.5) is 25.8 Å². The number of anilines is 3. The minimum Gasteiger partial charge on any atom is -0.373 e. The molecule has 1 atom stereocenters. The van der Waals surface area contributed by atoms with E-state index in [0.717, 1.165) is 23.5 Å². The minimum absolute atomic E-state index is 0.156. The van der Waals surface area contributed by atoms with Crippen molar-refractivity contribution in [3.05, 3.63) is 99.7 Å². The van der Waals surface area contributed by atoms with Gasteiger partial charge in [-0.1, -0.05) is 35.3 Å². The second-order valence-corrected chi connectivity index (χ2v) is 8.60. The summed E-state index contributed by atoms with van der Waals surface area (Å²) in [7, 11) is 0. The Balaban J connectivity index is 1.59. The van der Waals surface area contributed by atoms with Gasteiger partial charge in [-0.15, -0.1) is 0 Å². The number of hydrogen-bond acceptors (Lipinski definition) is 8. The van der Waals surface area contributed by atoms with Gasteiger partial charge in [-0.2, -0.15) is 15.2 Å². The number of aromatic nitrogens is 2. The molecule has 0 spiro atoms. The van der Waals surface area contributed by atoms with Crippen LogP contribution in [-0.4, -0.2) is 9.97 Å². The van der Waals surface area contributed by atoms with Crippen LogP contribution in [0.15, 0.2) is 66.8 Å². The summed E-state index contributed by atoms with van der Waals surface area (Å²) in [5, 5.41) is 17.5. The van der Waals surface area contributed by atoms with Crippen LogP contribution in [0.2, 0.25) is 10.0 Å². The molecule has 1 unspecified atom stereocenters. The first-order valence-electron chi connectivity index (χ1n) is 10.5. The van der Waals surface area contributed by atoms with Crippen LogP contribution in [0.25, 0.3) is 10.9 Å². The smallest absolute Gasteiger partial charge is 0.249 e. The number of halogens is 4.